The smallest absolute Gasteiger partial charge is 0.357 e. The Morgan fingerprint density at radius 1 is 0.897 bits per heavy atom. The Hall–Kier alpha value is -3.21. The van der Waals surface area contributed by atoms with Crippen molar-refractivity contribution in [1.82, 2.24) is 4.98 Å². The number of rotatable bonds is 6. The Bertz CT molecular complexity index is 1010. The second kappa shape index (κ2) is 8.86. The van der Waals surface area contributed by atoms with Crippen LogP contribution < -0.4 is 5.32 Å². The van der Waals surface area contributed by atoms with Gasteiger partial charge in [0.05, 0.1) is 5.52 Å². The van der Waals surface area contributed by atoms with Crippen LogP contribution in [0.25, 0.3) is 10.9 Å². The van der Waals surface area contributed by atoms with Crippen molar-refractivity contribution in [2.45, 2.75) is 39.5 Å². The van der Waals surface area contributed by atoms with Gasteiger partial charge in [-0.05, 0) is 35.1 Å². The molecule has 0 unspecified atom stereocenters. The molecule has 0 aliphatic heterocycles. The van der Waals surface area contributed by atoms with Crippen molar-refractivity contribution in [3.05, 3.63) is 71.4 Å². The topological polar surface area (TPSA) is 68.3 Å². The molecule has 1 N–H and O–H groups in total. The zero-order valence-electron chi connectivity index (χ0n) is 17.2. The fourth-order valence-electron chi connectivity index (χ4n) is 3.26. The van der Waals surface area contributed by atoms with Gasteiger partial charge in [-0.2, -0.15) is 0 Å². The summed E-state index contributed by atoms with van der Waals surface area (Å²) < 4.78 is 5.20. The molecule has 1 aromatic heterocycles. The van der Waals surface area contributed by atoms with Gasteiger partial charge in [-0.25, -0.2) is 9.78 Å². The maximum atomic E-state index is 12.5. The standard InChI is InChI=1S/C24H26N2O3/c1-15(2)18-9-7-10-19(16(3)4)23(18)26-22(27)14-29-24(28)21-13-12-17-8-5-6-11-20(17)25-21/h5-13,15-16H,14H2,1-4H3,(H,26,27). The highest BCUT2D eigenvalue weighted by Gasteiger charge is 2.17. The van der Waals surface area contributed by atoms with E-state index >= 15 is 0 Å². The number of carbonyl (C=O) groups is 2. The summed E-state index contributed by atoms with van der Waals surface area (Å²) in [5, 5.41) is 3.88. The molecule has 0 saturated heterocycles. The van der Waals surface area contributed by atoms with Gasteiger partial charge >= 0.3 is 5.97 Å². The minimum Gasteiger partial charge on any atom is -0.451 e. The number of pyridine rings is 1. The van der Waals surface area contributed by atoms with Gasteiger partial charge in [0.2, 0.25) is 0 Å². The van der Waals surface area contributed by atoms with Crippen molar-refractivity contribution in [3.8, 4) is 0 Å². The predicted octanol–water partition coefficient (Wildman–Crippen LogP) is 5.28. The number of benzene rings is 2. The fraction of sp³-hybridized carbons (Fsp3) is 0.292. The molecule has 0 atom stereocenters. The summed E-state index contributed by atoms with van der Waals surface area (Å²) in [5.74, 6) is -0.469. The predicted molar refractivity (Wildman–Crippen MR) is 115 cm³/mol. The minimum absolute atomic E-state index is 0.182. The van der Waals surface area contributed by atoms with E-state index < -0.39 is 5.97 Å². The third-order valence-electron chi connectivity index (χ3n) is 4.78. The van der Waals surface area contributed by atoms with E-state index in [1.807, 2.05) is 48.5 Å². The molecule has 150 valence electrons. The molecule has 2 aromatic carbocycles. The first kappa shape index (κ1) is 20.5. The molecule has 0 saturated carbocycles. The third kappa shape index (κ3) is 4.80. The van der Waals surface area contributed by atoms with Crippen molar-refractivity contribution in [2.75, 3.05) is 11.9 Å². The first-order valence-electron chi connectivity index (χ1n) is 9.82. The summed E-state index contributed by atoms with van der Waals surface area (Å²) in [7, 11) is 0. The average molecular weight is 390 g/mol. The van der Waals surface area contributed by atoms with E-state index in [0.29, 0.717) is 5.52 Å². The average Bonchev–Trinajstić information content (AvgIpc) is 2.71. The quantitative estimate of drug-likeness (QED) is 0.582. The lowest BCUT2D eigenvalue weighted by Gasteiger charge is -2.20. The van der Waals surface area contributed by atoms with Crippen LogP contribution >= 0.6 is 0 Å². The van der Waals surface area contributed by atoms with Crippen molar-refractivity contribution >= 4 is 28.5 Å². The number of anilines is 1. The van der Waals surface area contributed by atoms with Gasteiger partial charge in [-0.3, -0.25) is 4.79 Å². The molecule has 3 aromatic rings. The largest absolute Gasteiger partial charge is 0.451 e. The molecular formula is C24H26N2O3. The highest BCUT2D eigenvalue weighted by molar-refractivity contribution is 5.96. The first-order chi connectivity index (χ1) is 13.9. The van der Waals surface area contributed by atoms with Crippen molar-refractivity contribution in [3.63, 3.8) is 0 Å². The summed E-state index contributed by atoms with van der Waals surface area (Å²) in [5.41, 5.74) is 3.82. The van der Waals surface area contributed by atoms with Gasteiger partial charge in [0.25, 0.3) is 5.91 Å². The highest BCUT2D eigenvalue weighted by atomic mass is 16.5. The van der Waals surface area contributed by atoms with E-state index in [1.165, 1.54) is 0 Å². The third-order valence-corrected chi connectivity index (χ3v) is 4.78. The second-order valence-electron chi connectivity index (χ2n) is 7.63. The van der Waals surface area contributed by atoms with Gasteiger partial charge in [-0.1, -0.05) is 70.2 Å². The number of hydrogen-bond donors (Lipinski definition) is 1. The van der Waals surface area contributed by atoms with Crippen LogP contribution in [0.1, 0.15) is 61.1 Å². The molecule has 1 amide bonds. The zero-order chi connectivity index (χ0) is 21.0. The van der Waals surface area contributed by atoms with E-state index in [1.54, 1.807) is 6.07 Å². The van der Waals surface area contributed by atoms with Crippen LogP contribution in [0, 0.1) is 0 Å². The summed E-state index contributed by atoms with van der Waals surface area (Å²) in [6, 6.07) is 17.0. The summed E-state index contributed by atoms with van der Waals surface area (Å²) >= 11 is 0. The molecule has 0 radical (unpaired) electrons. The van der Waals surface area contributed by atoms with Gasteiger partial charge in [0, 0.05) is 11.1 Å². The molecule has 1 heterocycles. The number of esters is 1. The molecule has 0 spiro atoms. The van der Waals surface area contributed by atoms with Gasteiger partial charge in [-0.15, -0.1) is 0 Å². The maximum absolute atomic E-state index is 12.5. The van der Waals surface area contributed by atoms with Crippen LogP contribution in [-0.2, 0) is 9.53 Å². The Kier molecular flexibility index (Phi) is 6.27. The lowest BCUT2D eigenvalue weighted by Crippen LogP contribution is -2.23. The highest BCUT2D eigenvalue weighted by Crippen LogP contribution is 2.32. The van der Waals surface area contributed by atoms with Crippen LogP contribution in [-0.4, -0.2) is 23.5 Å². The molecule has 5 nitrogen and oxygen atoms in total. The SMILES string of the molecule is CC(C)c1cccc(C(C)C)c1NC(=O)COC(=O)c1ccc2ccccc2n1. The Labute approximate surface area is 171 Å². The van der Waals surface area contributed by atoms with Crippen LogP contribution in [0.2, 0.25) is 0 Å². The summed E-state index contributed by atoms with van der Waals surface area (Å²) in [6.45, 7) is 7.97. The minimum atomic E-state index is -0.618. The lowest BCUT2D eigenvalue weighted by molar-refractivity contribution is -0.119. The van der Waals surface area contributed by atoms with E-state index in [2.05, 4.69) is 38.0 Å². The zero-order valence-corrected chi connectivity index (χ0v) is 17.2. The molecule has 3 rings (SSSR count). The van der Waals surface area contributed by atoms with E-state index in [-0.39, 0.29) is 30.0 Å². The summed E-state index contributed by atoms with van der Waals surface area (Å²) in [4.78, 5) is 29.1. The molecule has 0 fully saturated rings. The lowest BCUT2D eigenvalue weighted by atomic mass is 9.92. The maximum Gasteiger partial charge on any atom is 0.357 e. The number of nitrogens with zero attached hydrogens (tertiary/aromatic N) is 1. The number of amides is 1. The van der Waals surface area contributed by atoms with Crippen LogP contribution in [0.4, 0.5) is 5.69 Å². The van der Waals surface area contributed by atoms with Crippen LogP contribution in [0.3, 0.4) is 0 Å². The number of hydrogen-bond acceptors (Lipinski definition) is 4. The second-order valence-corrected chi connectivity index (χ2v) is 7.63. The monoisotopic (exact) mass is 390 g/mol. The molecule has 29 heavy (non-hydrogen) atoms. The molecule has 0 aliphatic rings. The molecular weight excluding hydrogens is 364 g/mol. The van der Waals surface area contributed by atoms with Gasteiger partial charge in [0.1, 0.15) is 5.69 Å². The molecule has 5 heteroatoms. The van der Waals surface area contributed by atoms with E-state index in [0.717, 1.165) is 22.2 Å². The van der Waals surface area contributed by atoms with Crippen molar-refractivity contribution in [2.24, 2.45) is 0 Å². The Morgan fingerprint density at radius 3 is 2.21 bits per heavy atom. The van der Waals surface area contributed by atoms with E-state index in [9.17, 15) is 9.59 Å². The molecule has 0 bridgehead atoms. The van der Waals surface area contributed by atoms with Crippen molar-refractivity contribution in [1.29, 1.82) is 0 Å². The summed E-state index contributed by atoms with van der Waals surface area (Å²) in [6.07, 6.45) is 0. The number of nitrogens with one attached hydrogen (secondary N) is 1. The van der Waals surface area contributed by atoms with Crippen LogP contribution in [0.5, 0.6) is 0 Å². The van der Waals surface area contributed by atoms with Gasteiger partial charge < -0.3 is 10.1 Å². The number of para-hydroxylation sites is 2. The van der Waals surface area contributed by atoms with Crippen molar-refractivity contribution < 1.29 is 14.3 Å². The Balaban J connectivity index is 1.70. The first-order valence-corrected chi connectivity index (χ1v) is 9.82. The molecule has 0 aliphatic carbocycles. The number of aromatic nitrogens is 1. The number of carbonyl (C=O) groups excluding carboxylic acids is 2. The van der Waals surface area contributed by atoms with E-state index in [4.69, 9.17) is 4.74 Å². The fourth-order valence-corrected chi connectivity index (χ4v) is 3.26. The number of ether oxygens (including phenoxy) is 1. The van der Waals surface area contributed by atoms with Gasteiger partial charge in [0.15, 0.2) is 6.61 Å². The normalized spacial score (nSPS) is 11.1. The van der Waals surface area contributed by atoms with Crippen LogP contribution in [0.15, 0.2) is 54.6 Å². The Morgan fingerprint density at radius 2 is 1.55 bits per heavy atom. The number of fused-ring (bicyclic) bond motifs is 1.